The number of amides is 1. The van der Waals surface area contributed by atoms with Gasteiger partial charge in [0.1, 0.15) is 17.2 Å². The molecule has 5 heteroatoms. The van der Waals surface area contributed by atoms with Gasteiger partial charge in [0.25, 0.3) is 5.91 Å². The number of thioether (sulfide) groups is 1. The summed E-state index contributed by atoms with van der Waals surface area (Å²) in [6.07, 6.45) is 3.96. The van der Waals surface area contributed by atoms with Gasteiger partial charge < -0.3 is 10.1 Å². The highest BCUT2D eigenvalue weighted by atomic mass is 32.2. The molecule has 0 bridgehead atoms. The summed E-state index contributed by atoms with van der Waals surface area (Å²) < 4.78 is 19.6. The second kappa shape index (κ2) is 6.02. The number of nitrogens with one attached hydrogen (secondary N) is 1. The van der Waals surface area contributed by atoms with E-state index in [-0.39, 0.29) is 11.7 Å². The van der Waals surface area contributed by atoms with Crippen LogP contribution in [0.15, 0.2) is 59.2 Å². The van der Waals surface area contributed by atoms with E-state index in [4.69, 9.17) is 4.74 Å². The molecular weight excluding hydrogens is 349 g/mol. The Labute approximate surface area is 155 Å². The van der Waals surface area contributed by atoms with Gasteiger partial charge in [-0.25, -0.2) is 4.39 Å². The molecule has 0 aliphatic carbocycles. The normalized spacial score (nSPS) is 20.5. The first-order valence-electron chi connectivity index (χ1n) is 8.30. The average molecular weight is 367 g/mol. The van der Waals surface area contributed by atoms with E-state index in [0.29, 0.717) is 22.6 Å². The van der Waals surface area contributed by atoms with Gasteiger partial charge in [-0.15, -0.1) is 11.8 Å². The molecule has 3 nitrogen and oxygen atoms in total. The number of hydrogen-bond donors (Lipinski definition) is 1. The van der Waals surface area contributed by atoms with Gasteiger partial charge in [0, 0.05) is 16.0 Å². The lowest BCUT2D eigenvalue weighted by atomic mass is 9.92. The van der Waals surface area contributed by atoms with Crippen LogP contribution < -0.4 is 5.32 Å². The minimum atomic E-state index is -0.567. The minimum Gasteiger partial charge on any atom is -0.482 e. The number of fused-ring (bicyclic) bond motifs is 1. The number of carbonyl (C=O) groups is 1. The van der Waals surface area contributed by atoms with Gasteiger partial charge >= 0.3 is 0 Å². The van der Waals surface area contributed by atoms with Crippen molar-refractivity contribution in [1.82, 2.24) is 0 Å². The molecular formula is C21H18FNO2S. The van der Waals surface area contributed by atoms with Crippen molar-refractivity contribution in [2.24, 2.45) is 0 Å². The molecule has 132 valence electrons. The fourth-order valence-electron chi connectivity index (χ4n) is 3.40. The first-order chi connectivity index (χ1) is 12.4. The largest absolute Gasteiger partial charge is 0.482 e. The number of carbonyl (C=O) groups excluding carboxylic acids is 1. The van der Waals surface area contributed by atoms with Crippen LogP contribution in [-0.4, -0.2) is 17.8 Å². The van der Waals surface area contributed by atoms with Crippen LogP contribution >= 0.6 is 11.8 Å². The highest BCUT2D eigenvalue weighted by molar-refractivity contribution is 7.98. The fourth-order valence-corrected chi connectivity index (χ4v) is 3.86. The monoisotopic (exact) mass is 367 g/mol. The van der Waals surface area contributed by atoms with E-state index >= 15 is 0 Å². The van der Waals surface area contributed by atoms with Gasteiger partial charge in [-0.1, -0.05) is 12.1 Å². The van der Waals surface area contributed by atoms with E-state index in [1.165, 1.54) is 17.0 Å². The first-order valence-corrected chi connectivity index (χ1v) is 9.53. The van der Waals surface area contributed by atoms with Gasteiger partial charge in [-0.05, 0) is 62.1 Å². The second-order valence-corrected chi connectivity index (χ2v) is 7.67. The van der Waals surface area contributed by atoms with Crippen LogP contribution in [0.5, 0.6) is 0 Å². The molecule has 0 aromatic heterocycles. The Kier molecular flexibility index (Phi) is 3.92. The summed E-state index contributed by atoms with van der Waals surface area (Å²) >= 11 is 1.68. The topological polar surface area (TPSA) is 38.3 Å². The highest BCUT2D eigenvalue weighted by Gasteiger charge is 2.38. The predicted octanol–water partition coefficient (Wildman–Crippen LogP) is 5.10. The molecule has 0 spiro atoms. The van der Waals surface area contributed by atoms with Crippen molar-refractivity contribution in [2.75, 3.05) is 11.6 Å². The van der Waals surface area contributed by atoms with Crippen LogP contribution in [0.1, 0.15) is 25.0 Å². The van der Waals surface area contributed by atoms with Crippen molar-refractivity contribution >= 4 is 34.5 Å². The Morgan fingerprint density at radius 1 is 1.15 bits per heavy atom. The molecule has 2 aromatic rings. The molecule has 1 amide bonds. The maximum absolute atomic E-state index is 13.5. The van der Waals surface area contributed by atoms with Crippen molar-refractivity contribution in [2.45, 2.75) is 24.3 Å². The SMILES string of the molecule is CSc1cccc(C2=CC(=C3C(=O)Nc4cc(F)ccc43)OC2(C)C)c1. The van der Waals surface area contributed by atoms with Crippen molar-refractivity contribution in [3.63, 3.8) is 0 Å². The zero-order valence-electron chi connectivity index (χ0n) is 14.7. The van der Waals surface area contributed by atoms with E-state index < -0.39 is 5.60 Å². The summed E-state index contributed by atoms with van der Waals surface area (Å²) in [5.41, 5.74) is 3.10. The second-order valence-electron chi connectivity index (χ2n) is 6.79. The summed E-state index contributed by atoms with van der Waals surface area (Å²) in [6, 6.07) is 12.5. The summed E-state index contributed by atoms with van der Waals surface area (Å²) in [5, 5.41) is 2.72. The van der Waals surface area contributed by atoms with Crippen LogP contribution in [0.4, 0.5) is 10.1 Å². The number of hydrogen-bond acceptors (Lipinski definition) is 3. The van der Waals surface area contributed by atoms with Crippen LogP contribution in [0.3, 0.4) is 0 Å². The molecule has 0 radical (unpaired) electrons. The molecule has 2 heterocycles. The Hall–Kier alpha value is -2.53. The van der Waals surface area contributed by atoms with Crippen molar-refractivity contribution < 1.29 is 13.9 Å². The van der Waals surface area contributed by atoms with Gasteiger partial charge in [0.05, 0.1) is 11.3 Å². The molecule has 1 N–H and O–H groups in total. The van der Waals surface area contributed by atoms with Crippen LogP contribution in [0.25, 0.3) is 11.1 Å². The number of anilines is 1. The molecule has 2 aromatic carbocycles. The predicted molar refractivity (Wildman–Crippen MR) is 103 cm³/mol. The number of ether oxygens (including phenoxy) is 1. The van der Waals surface area contributed by atoms with E-state index in [2.05, 4.69) is 17.4 Å². The van der Waals surface area contributed by atoms with Crippen molar-refractivity contribution in [3.05, 3.63) is 71.2 Å². The van der Waals surface area contributed by atoms with E-state index in [1.54, 1.807) is 17.8 Å². The molecule has 26 heavy (non-hydrogen) atoms. The molecule has 0 unspecified atom stereocenters. The minimum absolute atomic E-state index is 0.272. The smallest absolute Gasteiger partial charge is 0.260 e. The highest BCUT2D eigenvalue weighted by Crippen LogP contribution is 2.44. The Morgan fingerprint density at radius 2 is 1.96 bits per heavy atom. The van der Waals surface area contributed by atoms with Gasteiger partial charge in [0.15, 0.2) is 0 Å². The Bertz CT molecular complexity index is 991. The zero-order valence-corrected chi connectivity index (χ0v) is 15.5. The summed E-state index contributed by atoms with van der Waals surface area (Å²) in [5.74, 6) is -0.137. The molecule has 2 aliphatic rings. The molecule has 2 aliphatic heterocycles. The Balaban J connectivity index is 1.86. The maximum Gasteiger partial charge on any atom is 0.260 e. The number of rotatable bonds is 2. The number of halogens is 1. The van der Waals surface area contributed by atoms with Gasteiger partial charge in [-0.3, -0.25) is 4.79 Å². The van der Waals surface area contributed by atoms with E-state index in [0.717, 1.165) is 11.1 Å². The lowest BCUT2D eigenvalue weighted by Gasteiger charge is -2.23. The maximum atomic E-state index is 13.5. The fraction of sp³-hybridized carbons (Fsp3) is 0.190. The van der Waals surface area contributed by atoms with Crippen molar-refractivity contribution in [1.29, 1.82) is 0 Å². The third-order valence-corrected chi connectivity index (χ3v) is 5.37. The standard InChI is InChI=1S/C21H18FNO2S/c1-21(2)16(12-5-4-6-14(9-12)26-3)11-18(25-21)19-15-8-7-13(22)10-17(15)23-20(19)24/h4-11H,1-3H3,(H,23,24). The third-order valence-electron chi connectivity index (χ3n) is 4.64. The third kappa shape index (κ3) is 2.72. The zero-order chi connectivity index (χ0) is 18.5. The summed E-state index contributed by atoms with van der Waals surface area (Å²) in [6.45, 7) is 3.97. The molecule has 0 saturated heterocycles. The lowest BCUT2D eigenvalue weighted by Crippen LogP contribution is -2.21. The molecule has 0 atom stereocenters. The van der Waals surface area contributed by atoms with E-state index in [1.807, 2.05) is 38.3 Å². The summed E-state index contributed by atoms with van der Waals surface area (Å²) in [7, 11) is 0. The van der Waals surface area contributed by atoms with E-state index in [9.17, 15) is 9.18 Å². The van der Waals surface area contributed by atoms with Gasteiger partial charge in [-0.2, -0.15) is 0 Å². The quantitative estimate of drug-likeness (QED) is 0.593. The average Bonchev–Trinajstić information content (AvgIpc) is 3.09. The molecule has 4 rings (SSSR count). The van der Waals surface area contributed by atoms with Crippen LogP contribution in [0.2, 0.25) is 0 Å². The van der Waals surface area contributed by atoms with Crippen molar-refractivity contribution in [3.8, 4) is 0 Å². The summed E-state index contributed by atoms with van der Waals surface area (Å²) in [4.78, 5) is 13.6. The van der Waals surface area contributed by atoms with Crippen LogP contribution in [0, 0.1) is 5.82 Å². The number of benzene rings is 2. The first kappa shape index (κ1) is 16.9. The lowest BCUT2D eigenvalue weighted by molar-refractivity contribution is -0.111. The van der Waals surface area contributed by atoms with Crippen LogP contribution in [-0.2, 0) is 9.53 Å². The molecule has 0 saturated carbocycles. The molecule has 0 fully saturated rings. The Morgan fingerprint density at radius 3 is 2.73 bits per heavy atom. The number of allylic oxidation sites excluding steroid dienone is 1. The van der Waals surface area contributed by atoms with Gasteiger partial charge in [0.2, 0.25) is 0 Å².